The summed E-state index contributed by atoms with van der Waals surface area (Å²) in [7, 11) is 0. The summed E-state index contributed by atoms with van der Waals surface area (Å²) >= 11 is 0. The average molecular weight is 469 g/mol. The molecular weight excluding hydrogens is 438 g/mol. The SMILES string of the molecule is CCc1ccc2c(c1)[C@@H](NC[C@@H](O)[C@H](Cc1cc(F)cc(F)c1)NC(=O)c1cnc[nH]1)CCC2. The molecule has 34 heavy (non-hydrogen) atoms. The number of aromatic amines is 1. The van der Waals surface area contributed by atoms with E-state index in [4.69, 9.17) is 0 Å². The van der Waals surface area contributed by atoms with Gasteiger partial charge in [0.05, 0.1) is 24.7 Å². The molecule has 1 heterocycles. The molecule has 1 aromatic heterocycles. The topological polar surface area (TPSA) is 90.0 Å². The Balaban J connectivity index is 1.49. The summed E-state index contributed by atoms with van der Waals surface area (Å²) in [4.78, 5) is 19.2. The Morgan fingerprint density at radius 2 is 2.00 bits per heavy atom. The van der Waals surface area contributed by atoms with Gasteiger partial charge in [0, 0.05) is 18.7 Å². The Kier molecular flexibility index (Phi) is 7.70. The lowest BCUT2D eigenvalue weighted by molar-refractivity contribution is 0.0819. The fraction of sp³-hybridized carbons (Fsp3) is 0.385. The van der Waals surface area contributed by atoms with E-state index in [9.17, 15) is 18.7 Å². The van der Waals surface area contributed by atoms with Gasteiger partial charge < -0.3 is 20.7 Å². The Hall–Kier alpha value is -3.10. The molecule has 0 fully saturated rings. The van der Waals surface area contributed by atoms with Gasteiger partial charge in [0.25, 0.3) is 5.91 Å². The van der Waals surface area contributed by atoms with Crippen molar-refractivity contribution in [3.63, 3.8) is 0 Å². The predicted octanol–water partition coefficient (Wildman–Crippen LogP) is 3.62. The molecular formula is C26H30F2N4O2. The van der Waals surface area contributed by atoms with Gasteiger partial charge in [-0.2, -0.15) is 0 Å². The number of rotatable bonds is 9. The number of benzene rings is 2. The Morgan fingerprint density at radius 1 is 1.21 bits per heavy atom. The highest BCUT2D eigenvalue weighted by atomic mass is 19.1. The molecule has 0 unspecified atom stereocenters. The van der Waals surface area contributed by atoms with Crippen molar-refractivity contribution in [3.05, 3.63) is 88.5 Å². The summed E-state index contributed by atoms with van der Waals surface area (Å²) in [6.45, 7) is 2.34. The summed E-state index contributed by atoms with van der Waals surface area (Å²) < 4.78 is 27.5. The van der Waals surface area contributed by atoms with Crippen LogP contribution in [-0.2, 0) is 19.3 Å². The zero-order chi connectivity index (χ0) is 24.1. The van der Waals surface area contributed by atoms with Crippen LogP contribution in [0.15, 0.2) is 48.9 Å². The number of fused-ring (bicyclic) bond motifs is 1. The van der Waals surface area contributed by atoms with E-state index in [2.05, 4.69) is 45.7 Å². The van der Waals surface area contributed by atoms with Gasteiger partial charge in [-0.3, -0.25) is 4.79 Å². The molecule has 0 aliphatic heterocycles. The largest absolute Gasteiger partial charge is 0.390 e. The number of amides is 1. The van der Waals surface area contributed by atoms with Gasteiger partial charge in [-0.25, -0.2) is 13.8 Å². The maximum atomic E-state index is 13.7. The van der Waals surface area contributed by atoms with Crippen LogP contribution in [0.2, 0.25) is 0 Å². The van der Waals surface area contributed by atoms with Gasteiger partial charge in [-0.05, 0) is 66.5 Å². The maximum Gasteiger partial charge on any atom is 0.269 e. The second-order valence-electron chi connectivity index (χ2n) is 8.83. The molecule has 1 amide bonds. The first kappa shape index (κ1) is 24.0. The van der Waals surface area contributed by atoms with Crippen LogP contribution in [0.4, 0.5) is 8.78 Å². The number of carbonyl (C=O) groups is 1. The third-order valence-corrected chi connectivity index (χ3v) is 6.41. The van der Waals surface area contributed by atoms with E-state index >= 15 is 0 Å². The van der Waals surface area contributed by atoms with E-state index in [0.717, 1.165) is 31.7 Å². The van der Waals surface area contributed by atoms with E-state index in [0.29, 0.717) is 5.56 Å². The van der Waals surface area contributed by atoms with Crippen LogP contribution in [0.25, 0.3) is 0 Å². The maximum absolute atomic E-state index is 13.7. The monoisotopic (exact) mass is 468 g/mol. The minimum absolute atomic E-state index is 0.0681. The summed E-state index contributed by atoms with van der Waals surface area (Å²) in [5.74, 6) is -1.85. The summed E-state index contributed by atoms with van der Waals surface area (Å²) in [5.41, 5.74) is 4.43. The number of nitrogens with one attached hydrogen (secondary N) is 3. The first-order chi connectivity index (χ1) is 16.4. The standard InChI is InChI=1S/C26H30F2N4O2/c1-2-16-6-7-18-4-3-5-22(21(18)10-16)30-14-25(33)23(32-26(34)24-13-29-15-31-24)11-17-8-19(27)12-20(28)9-17/h6-10,12-13,15,22-23,25,30,33H,2-5,11,14H2,1H3,(H,29,31)(H,32,34)/t22-,23-,25+/m0/s1. The van der Waals surface area contributed by atoms with Crippen molar-refractivity contribution in [2.45, 2.75) is 57.2 Å². The number of hydrogen-bond donors (Lipinski definition) is 4. The van der Waals surface area contributed by atoms with E-state index < -0.39 is 29.7 Å². The molecule has 8 heteroatoms. The fourth-order valence-electron chi connectivity index (χ4n) is 4.58. The number of aromatic nitrogens is 2. The van der Waals surface area contributed by atoms with Crippen LogP contribution in [0, 0.1) is 11.6 Å². The second-order valence-corrected chi connectivity index (χ2v) is 8.83. The lowest BCUT2D eigenvalue weighted by Crippen LogP contribution is -2.49. The van der Waals surface area contributed by atoms with Gasteiger partial charge in [-0.15, -0.1) is 0 Å². The highest BCUT2D eigenvalue weighted by Crippen LogP contribution is 2.30. The lowest BCUT2D eigenvalue weighted by Gasteiger charge is -2.30. The average Bonchev–Trinajstić information content (AvgIpc) is 3.36. The van der Waals surface area contributed by atoms with Crippen LogP contribution < -0.4 is 10.6 Å². The van der Waals surface area contributed by atoms with E-state index in [-0.39, 0.29) is 24.7 Å². The second kappa shape index (κ2) is 10.9. The number of carbonyl (C=O) groups excluding carboxylic acids is 1. The predicted molar refractivity (Wildman–Crippen MR) is 125 cm³/mol. The van der Waals surface area contributed by atoms with Crippen LogP contribution in [0.1, 0.15) is 58.5 Å². The number of hydrogen-bond acceptors (Lipinski definition) is 4. The molecule has 4 N–H and O–H groups in total. The Labute approximate surface area is 197 Å². The Bertz CT molecular complexity index is 1100. The molecule has 0 bridgehead atoms. The summed E-state index contributed by atoms with van der Waals surface area (Å²) in [6, 6.07) is 9.12. The lowest BCUT2D eigenvalue weighted by atomic mass is 9.86. The first-order valence-corrected chi connectivity index (χ1v) is 11.7. The summed E-state index contributed by atoms with van der Waals surface area (Å²) in [6.07, 6.45) is 5.83. The van der Waals surface area contributed by atoms with E-state index in [1.54, 1.807) is 0 Å². The van der Waals surface area contributed by atoms with Crippen LogP contribution in [-0.4, -0.2) is 39.7 Å². The smallest absolute Gasteiger partial charge is 0.269 e. The molecule has 0 spiro atoms. The van der Waals surface area contributed by atoms with Gasteiger partial charge in [0.2, 0.25) is 0 Å². The van der Waals surface area contributed by atoms with Gasteiger partial charge in [0.15, 0.2) is 0 Å². The van der Waals surface area contributed by atoms with Gasteiger partial charge in [0.1, 0.15) is 17.3 Å². The number of imidazole rings is 1. The molecule has 180 valence electrons. The van der Waals surface area contributed by atoms with Crippen molar-refractivity contribution in [3.8, 4) is 0 Å². The van der Waals surface area contributed by atoms with E-state index in [1.807, 2.05) is 0 Å². The number of halogens is 2. The van der Waals surface area contributed by atoms with Crippen molar-refractivity contribution in [2.24, 2.45) is 0 Å². The van der Waals surface area contributed by atoms with Crippen LogP contribution >= 0.6 is 0 Å². The van der Waals surface area contributed by atoms with Crippen LogP contribution in [0.5, 0.6) is 0 Å². The third kappa shape index (κ3) is 5.87. The molecule has 3 aromatic rings. The molecule has 0 radical (unpaired) electrons. The fourth-order valence-corrected chi connectivity index (χ4v) is 4.58. The number of nitrogens with zero attached hydrogens (tertiary/aromatic N) is 1. The first-order valence-electron chi connectivity index (χ1n) is 11.7. The molecule has 1 aliphatic rings. The highest BCUT2D eigenvalue weighted by Gasteiger charge is 2.26. The molecule has 6 nitrogen and oxygen atoms in total. The van der Waals surface area contributed by atoms with Crippen molar-refractivity contribution in [2.75, 3.05) is 6.54 Å². The molecule has 2 aromatic carbocycles. The molecule has 4 rings (SSSR count). The highest BCUT2D eigenvalue weighted by molar-refractivity contribution is 5.92. The summed E-state index contributed by atoms with van der Waals surface area (Å²) in [5, 5.41) is 17.3. The molecule has 1 aliphatic carbocycles. The normalized spacial score (nSPS) is 17.1. The minimum Gasteiger partial charge on any atom is -0.390 e. The minimum atomic E-state index is -0.988. The Morgan fingerprint density at radius 3 is 2.71 bits per heavy atom. The zero-order valence-corrected chi connectivity index (χ0v) is 19.2. The van der Waals surface area contributed by atoms with Crippen molar-refractivity contribution in [1.29, 1.82) is 0 Å². The van der Waals surface area contributed by atoms with Gasteiger partial charge in [-0.1, -0.05) is 25.1 Å². The van der Waals surface area contributed by atoms with Crippen molar-refractivity contribution < 1.29 is 18.7 Å². The number of aryl methyl sites for hydroxylation is 2. The zero-order valence-electron chi connectivity index (χ0n) is 19.2. The molecule has 0 saturated heterocycles. The van der Waals surface area contributed by atoms with Gasteiger partial charge >= 0.3 is 0 Å². The van der Waals surface area contributed by atoms with Crippen molar-refractivity contribution >= 4 is 5.91 Å². The van der Waals surface area contributed by atoms with E-state index in [1.165, 1.54) is 41.3 Å². The number of aliphatic hydroxyl groups is 1. The number of aliphatic hydroxyl groups excluding tert-OH is 1. The quantitative estimate of drug-likeness (QED) is 0.386. The molecule has 3 atom stereocenters. The van der Waals surface area contributed by atoms with Crippen molar-refractivity contribution in [1.82, 2.24) is 20.6 Å². The third-order valence-electron chi connectivity index (χ3n) is 6.41. The number of H-pyrrole nitrogens is 1. The molecule has 0 saturated carbocycles. The van der Waals surface area contributed by atoms with Crippen LogP contribution in [0.3, 0.4) is 0 Å².